The summed E-state index contributed by atoms with van der Waals surface area (Å²) in [6.45, 7) is 0.499. The second kappa shape index (κ2) is 5.30. The maximum atomic E-state index is 13.5. The molecule has 6 heteroatoms. The van der Waals surface area contributed by atoms with Gasteiger partial charge >= 0.3 is 0 Å². The van der Waals surface area contributed by atoms with Gasteiger partial charge in [-0.2, -0.15) is 0 Å². The van der Waals surface area contributed by atoms with Crippen molar-refractivity contribution in [3.63, 3.8) is 0 Å². The summed E-state index contributed by atoms with van der Waals surface area (Å²) in [6.07, 6.45) is 1.73. The molecule has 18 heavy (non-hydrogen) atoms. The number of nitrogen functional groups attached to an aromatic ring is 1. The van der Waals surface area contributed by atoms with Gasteiger partial charge in [0.1, 0.15) is 11.8 Å². The summed E-state index contributed by atoms with van der Waals surface area (Å²) in [4.78, 5) is 11.8. The van der Waals surface area contributed by atoms with E-state index in [1.165, 1.54) is 6.07 Å². The molecule has 1 aliphatic rings. The molecule has 1 saturated heterocycles. The van der Waals surface area contributed by atoms with Gasteiger partial charge in [-0.25, -0.2) is 8.78 Å². The Kier molecular flexibility index (Phi) is 3.76. The maximum absolute atomic E-state index is 13.5. The average Bonchev–Trinajstić information content (AvgIpc) is 2.40. The number of benzene rings is 1. The van der Waals surface area contributed by atoms with Crippen LogP contribution in [0.5, 0.6) is 0 Å². The van der Waals surface area contributed by atoms with Gasteiger partial charge in [-0.15, -0.1) is 0 Å². The van der Waals surface area contributed by atoms with E-state index in [1.807, 2.05) is 0 Å². The summed E-state index contributed by atoms with van der Waals surface area (Å²) < 4.78 is 31.8. The number of anilines is 2. The van der Waals surface area contributed by atoms with Crippen LogP contribution in [0.15, 0.2) is 12.1 Å². The molecular formula is C12H14F2N2O2. The Labute approximate surface area is 103 Å². The molecule has 0 aromatic heterocycles. The number of hydrogen-bond acceptors (Lipinski definition) is 3. The van der Waals surface area contributed by atoms with Gasteiger partial charge < -0.3 is 15.8 Å². The third-order valence-electron chi connectivity index (χ3n) is 2.85. The number of rotatable bonds is 2. The zero-order chi connectivity index (χ0) is 13.1. The largest absolute Gasteiger partial charge is 0.397 e. The normalized spacial score (nSPS) is 19.6. The van der Waals surface area contributed by atoms with Crippen molar-refractivity contribution < 1.29 is 18.3 Å². The first-order chi connectivity index (χ1) is 8.59. The standard InChI is InChI=1S/C12H14F2N2O2/c13-7-4-5-8(15)11(10(7)14)16-12(17)9-3-1-2-6-18-9/h4-5,9H,1-3,6,15H2,(H,16,17). The van der Waals surface area contributed by atoms with Crippen LogP contribution in [0, 0.1) is 11.6 Å². The van der Waals surface area contributed by atoms with Gasteiger partial charge in [0.25, 0.3) is 5.91 Å². The van der Waals surface area contributed by atoms with E-state index in [0.717, 1.165) is 18.9 Å². The second-order valence-electron chi connectivity index (χ2n) is 4.17. The van der Waals surface area contributed by atoms with Crippen LogP contribution < -0.4 is 11.1 Å². The molecule has 1 aromatic rings. The Morgan fingerprint density at radius 3 is 2.83 bits per heavy atom. The SMILES string of the molecule is Nc1ccc(F)c(F)c1NC(=O)C1CCCCO1. The molecule has 0 aliphatic carbocycles. The van der Waals surface area contributed by atoms with Crippen LogP contribution in [0.2, 0.25) is 0 Å². The fraction of sp³-hybridized carbons (Fsp3) is 0.417. The van der Waals surface area contributed by atoms with Crippen LogP contribution in [0.1, 0.15) is 19.3 Å². The lowest BCUT2D eigenvalue weighted by atomic mass is 10.1. The molecule has 3 N–H and O–H groups in total. The Morgan fingerprint density at radius 2 is 2.17 bits per heavy atom. The van der Waals surface area contributed by atoms with Crippen LogP contribution in [-0.2, 0) is 9.53 Å². The molecule has 4 nitrogen and oxygen atoms in total. The number of carbonyl (C=O) groups excluding carboxylic acids is 1. The lowest BCUT2D eigenvalue weighted by molar-refractivity contribution is -0.130. The fourth-order valence-corrected chi connectivity index (χ4v) is 1.84. The monoisotopic (exact) mass is 256 g/mol. The van der Waals surface area contributed by atoms with E-state index in [0.29, 0.717) is 13.0 Å². The second-order valence-corrected chi connectivity index (χ2v) is 4.17. The van der Waals surface area contributed by atoms with Crippen LogP contribution in [0.3, 0.4) is 0 Å². The summed E-state index contributed by atoms with van der Waals surface area (Å²) in [5.41, 5.74) is 5.17. The van der Waals surface area contributed by atoms with E-state index >= 15 is 0 Å². The van der Waals surface area contributed by atoms with Crippen molar-refractivity contribution in [3.05, 3.63) is 23.8 Å². The van der Waals surface area contributed by atoms with E-state index in [2.05, 4.69) is 5.32 Å². The minimum atomic E-state index is -1.15. The molecule has 0 saturated carbocycles. The number of nitrogens with two attached hydrogens (primary N) is 1. The first-order valence-electron chi connectivity index (χ1n) is 5.75. The van der Waals surface area contributed by atoms with E-state index < -0.39 is 23.6 Å². The summed E-state index contributed by atoms with van der Waals surface area (Å²) in [7, 11) is 0. The summed E-state index contributed by atoms with van der Waals surface area (Å²) >= 11 is 0. The minimum absolute atomic E-state index is 0.0157. The molecule has 1 aromatic carbocycles. The lowest BCUT2D eigenvalue weighted by Crippen LogP contribution is -2.33. The van der Waals surface area contributed by atoms with Crippen molar-refractivity contribution in [2.45, 2.75) is 25.4 Å². The maximum Gasteiger partial charge on any atom is 0.253 e. The van der Waals surface area contributed by atoms with Crippen molar-refractivity contribution in [1.82, 2.24) is 0 Å². The Morgan fingerprint density at radius 1 is 1.39 bits per heavy atom. The highest BCUT2D eigenvalue weighted by Gasteiger charge is 2.24. The van der Waals surface area contributed by atoms with E-state index in [1.54, 1.807) is 0 Å². The Hall–Kier alpha value is -1.69. The molecule has 1 fully saturated rings. The van der Waals surface area contributed by atoms with E-state index in [-0.39, 0.29) is 11.4 Å². The summed E-state index contributed by atoms with van der Waals surface area (Å²) in [5.74, 6) is -2.70. The molecule has 2 rings (SSSR count). The first kappa shape index (κ1) is 12.8. The molecule has 98 valence electrons. The quantitative estimate of drug-likeness (QED) is 0.796. The van der Waals surface area contributed by atoms with Gasteiger partial charge in [0, 0.05) is 6.61 Å². The molecule has 1 aliphatic heterocycles. The molecular weight excluding hydrogens is 242 g/mol. The molecule has 1 unspecified atom stereocenters. The third kappa shape index (κ3) is 2.59. The molecule has 0 spiro atoms. The number of hydrogen-bond donors (Lipinski definition) is 2. The summed E-state index contributed by atoms with van der Waals surface area (Å²) in [6, 6.07) is 2.12. The van der Waals surface area contributed by atoms with Gasteiger partial charge in [-0.3, -0.25) is 4.79 Å². The highest BCUT2D eigenvalue weighted by molar-refractivity contribution is 5.96. The van der Waals surface area contributed by atoms with Gasteiger partial charge in [-0.05, 0) is 31.4 Å². The van der Waals surface area contributed by atoms with Gasteiger partial charge in [0.15, 0.2) is 11.6 Å². The molecule has 1 amide bonds. The summed E-state index contributed by atoms with van der Waals surface area (Å²) in [5, 5.41) is 2.29. The van der Waals surface area contributed by atoms with Crippen molar-refractivity contribution in [3.8, 4) is 0 Å². The minimum Gasteiger partial charge on any atom is -0.397 e. The fourth-order valence-electron chi connectivity index (χ4n) is 1.84. The predicted octanol–water partition coefficient (Wildman–Crippen LogP) is 2.05. The van der Waals surface area contributed by atoms with Crippen molar-refractivity contribution in [1.29, 1.82) is 0 Å². The van der Waals surface area contributed by atoms with Gasteiger partial charge in [-0.1, -0.05) is 0 Å². The number of ether oxygens (including phenoxy) is 1. The molecule has 1 heterocycles. The molecule has 0 radical (unpaired) electrons. The molecule has 0 bridgehead atoms. The van der Waals surface area contributed by atoms with Crippen LogP contribution >= 0.6 is 0 Å². The predicted molar refractivity (Wildman–Crippen MR) is 63.0 cm³/mol. The zero-order valence-electron chi connectivity index (χ0n) is 9.71. The third-order valence-corrected chi connectivity index (χ3v) is 2.85. The number of carbonyl (C=O) groups is 1. The van der Waals surface area contributed by atoms with Crippen LogP contribution in [-0.4, -0.2) is 18.6 Å². The number of halogens is 2. The Balaban J connectivity index is 2.13. The van der Waals surface area contributed by atoms with Crippen molar-refractivity contribution >= 4 is 17.3 Å². The zero-order valence-corrected chi connectivity index (χ0v) is 9.71. The smallest absolute Gasteiger partial charge is 0.253 e. The Bertz CT molecular complexity index is 460. The van der Waals surface area contributed by atoms with E-state index in [9.17, 15) is 13.6 Å². The van der Waals surface area contributed by atoms with Gasteiger partial charge in [0.05, 0.1) is 5.69 Å². The van der Waals surface area contributed by atoms with Crippen molar-refractivity contribution in [2.75, 3.05) is 17.7 Å². The molecule has 1 atom stereocenters. The average molecular weight is 256 g/mol. The number of nitrogens with one attached hydrogen (secondary N) is 1. The van der Waals surface area contributed by atoms with Crippen LogP contribution in [0.25, 0.3) is 0 Å². The highest BCUT2D eigenvalue weighted by Crippen LogP contribution is 2.25. The van der Waals surface area contributed by atoms with Crippen molar-refractivity contribution in [2.24, 2.45) is 0 Å². The highest BCUT2D eigenvalue weighted by atomic mass is 19.2. The number of amides is 1. The van der Waals surface area contributed by atoms with Gasteiger partial charge in [0.2, 0.25) is 0 Å². The topological polar surface area (TPSA) is 64.3 Å². The first-order valence-corrected chi connectivity index (χ1v) is 5.75. The lowest BCUT2D eigenvalue weighted by Gasteiger charge is -2.22. The van der Waals surface area contributed by atoms with E-state index in [4.69, 9.17) is 10.5 Å². The van der Waals surface area contributed by atoms with Crippen LogP contribution in [0.4, 0.5) is 20.2 Å².